The van der Waals surface area contributed by atoms with E-state index in [2.05, 4.69) is 25.3 Å². The number of hydrogen-bond donors (Lipinski definition) is 3. The number of benzene rings is 2. The molecule has 3 aromatic rings. The van der Waals surface area contributed by atoms with Crippen molar-refractivity contribution in [1.82, 2.24) is 14.7 Å². The number of anilines is 3. The molecule has 2 aromatic carbocycles. The molecule has 31 heavy (non-hydrogen) atoms. The Morgan fingerprint density at radius 2 is 1.74 bits per heavy atom. The molecule has 0 aliphatic rings. The quantitative estimate of drug-likeness (QED) is 0.434. The molecule has 0 radical (unpaired) electrons. The number of aryl methyl sites for hydroxylation is 2. The highest BCUT2D eigenvalue weighted by Crippen LogP contribution is 2.20. The fourth-order valence-electron chi connectivity index (χ4n) is 2.83. The summed E-state index contributed by atoms with van der Waals surface area (Å²) in [5.74, 6) is 1.10. The highest BCUT2D eigenvalue weighted by atomic mass is 32.2. The highest BCUT2D eigenvalue weighted by molar-refractivity contribution is 7.89. The molecule has 0 aliphatic heterocycles. The molecule has 164 valence electrons. The summed E-state index contributed by atoms with van der Waals surface area (Å²) in [6.45, 7) is 3.78. The zero-order valence-corrected chi connectivity index (χ0v) is 18.3. The topological polar surface area (TPSA) is 105 Å². The van der Waals surface area contributed by atoms with E-state index in [-0.39, 0.29) is 18.0 Å². The predicted octanol–water partition coefficient (Wildman–Crippen LogP) is 3.38. The van der Waals surface area contributed by atoms with Crippen LogP contribution in [0.4, 0.5) is 21.8 Å². The van der Waals surface area contributed by atoms with Crippen LogP contribution in [0.25, 0.3) is 0 Å². The fourth-order valence-corrected chi connectivity index (χ4v) is 4.12. The Morgan fingerprint density at radius 1 is 1.00 bits per heavy atom. The second kappa shape index (κ2) is 9.71. The number of methoxy groups -OCH3 is 1. The molecule has 0 unspecified atom stereocenters. The first kappa shape index (κ1) is 22.4. The second-order valence-corrected chi connectivity index (χ2v) is 8.54. The van der Waals surface area contributed by atoms with Gasteiger partial charge >= 0.3 is 0 Å². The number of rotatable bonds is 9. The highest BCUT2D eigenvalue weighted by Gasteiger charge is 2.17. The van der Waals surface area contributed by atoms with Crippen LogP contribution in [0.2, 0.25) is 0 Å². The molecule has 8 nitrogen and oxygen atoms in total. The third-order valence-corrected chi connectivity index (χ3v) is 5.96. The predicted molar refractivity (Wildman–Crippen MR) is 118 cm³/mol. The summed E-state index contributed by atoms with van der Waals surface area (Å²) in [6, 6.07) is 12.9. The third kappa shape index (κ3) is 6.12. The normalized spacial score (nSPS) is 11.2. The van der Waals surface area contributed by atoms with Crippen LogP contribution in [0.15, 0.2) is 53.4 Å². The molecular weight excluding hydrogens is 421 g/mol. The van der Waals surface area contributed by atoms with Gasteiger partial charge in [-0.2, -0.15) is 4.98 Å². The molecule has 1 heterocycles. The maximum atomic E-state index is 13.4. The van der Waals surface area contributed by atoms with Gasteiger partial charge in [-0.05, 0) is 55.8 Å². The van der Waals surface area contributed by atoms with E-state index in [1.165, 1.54) is 12.1 Å². The van der Waals surface area contributed by atoms with Gasteiger partial charge in [0.05, 0.1) is 12.0 Å². The summed E-state index contributed by atoms with van der Waals surface area (Å²) in [6.07, 6.45) is 0. The number of nitrogens with zero attached hydrogens (tertiary/aromatic N) is 2. The molecular formula is C21H24FN5O3S. The van der Waals surface area contributed by atoms with Gasteiger partial charge in [-0.25, -0.2) is 22.5 Å². The number of halogens is 1. The van der Waals surface area contributed by atoms with E-state index in [1.807, 2.05) is 31.2 Å². The van der Waals surface area contributed by atoms with Crippen molar-refractivity contribution in [2.24, 2.45) is 0 Å². The lowest BCUT2D eigenvalue weighted by atomic mass is 10.2. The number of ether oxygens (including phenoxy) is 1. The van der Waals surface area contributed by atoms with Gasteiger partial charge in [0.15, 0.2) is 0 Å². The molecule has 10 heteroatoms. The number of sulfonamides is 1. The molecule has 0 saturated carbocycles. The van der Waals surface area contributed by atoms with Crippen LogP contribution in [-0.2, 0) is 10.0 Å². The molecule has 0 fully saturated rings. The molecule has 3 rings (SSSR count). The van der Waals surface area contributed by atoms with Crippen LogP contribution in [-0.4, -0.2) is 38.6 Å². The average Bonchev–Trinajstić information content (AvgIpc) is 2.73. The lowest BCUT2D eigenvalue weighted by Gasteiger charge is -2.12. The lowest BCUT2D eigenvalue weighted by Crippen LogP contribution is -2.29. The smallest absolute Gasteiger partial charge is 0.240 e. The first-order valence-corrected chi connectivity index (χ1v) is 11.0. The minimum Gasteiger partial charge on any atom is -0.497 e. The van der Waals surface area contributed by atoms with E-state index in [0.29, 0.717) is 17.3 Å². The second-order valence-electron chi connectivity index (χ2n) is 6.81. The Kier molecular flexibility index (Phi) is 7.03. The molecule has 0 atom stereocenters. The van der Waals surface area contributed by atoms with E-state index < -0.39 is 15.8 Å². The monoisotopic (exact) mass is 445 g/mol. The van der Waals surface area contributed by atoms with Crippen molar-refractivity contribution < 1.29 is 17.5 Å². The van der Waals surface area contributed by atoms with Gasteiger partial charge < -0.3 is 15.4 Å². The molecule has 0 aliphatic carbocycles. The van der Waals surface area contributed by atoms with Gasteiger partial charge in [-0.15, -0.1) is 0 Å². The van der Waals surface area contributed by atoms with Gasteiger partial charge in [0.1, 0.15) is 17.4 Å². The van der Waals surface area contributed by atoms with E-state index in [9.17, 15) is 12.8 Å². The van der Waals surface area contributed by atoms with Crippen LogP contribution in [0.1, 0.15) is 11.3 Å². The van der Waals surface area contributed by atoms with Crippen molar-refractivity contribution in [3.8, 4) is 5.75 Å². The van der Waals surface area contributed by atoms with Crippen LogP contribution in [0.3, 0.4) is 0 Å². The number of aromatic nitrogens is 2. The molecule has 0 saturated heterocycles. The number of hydrogen-bond acceptors (Lipinski definition) is 7. The van der Waals surface area contributed by atoms with Crippen molar-refractivity contribution in [1.29, 1.82) is 0 Å². The first-order chi connectivity index (χ1) is 14.8. The van der Waals surface area contributed by atoms with Gasteiger partial charge in [0, 0.05) is 30.5 Å². The largest absolute Gasteiger partial charge is 0.497 e. The zero-order valence-electron chi connectivity index (χ0n) is 17.4. The van der Waals surface area contributed by atoms with Crippen molar-refractivity contribution in [2.75, 3.05) is 30.8 Å². The van der Waals surface area contributed by atoms with E-state index in [1.54, 1.807) is 20.1 Å². The SMILES string of the molecule is COc1ccc(Nc2cc(C)nc(NCCNS(=O)(=O)c3cc(F)ccc3C)n2)cc1. The summed E-state index contributed by atoms with van der Waals surface area (Å²) in [5, 5.41) is 6.19. The summed E-state index contributed by atoms with van der Waals surface area (Å²) in [7, 11) is -2.22. The number of nitrogens with one attached hydrogen (secondary N) is 3. The lowest BCUT2D eigenvalue weighted by molar-refractivity contribution is 0.415. The Hall–Kier alpha value is -3.24. The van der Waals surface area contributed by atoms with Gasteiger partial charge in [0.2, 0.25) is 16.0 Å². The zero-order chi connectivity index (χ0) is 22.4. The summed E-state index contributed by atoms with van der Waals surface area (Å²) >= 11 is 0. The minimum atomic E-state index is -3.82. The fraction of sp³-hybridized carbons (Fsp3) is 0.238. The van der Waals surface area contributed by atoms with Crippen molar-refractivity contribution in [3.63, 3.8) is 0 Å². The standard InChI is InChI=1S/C21H24FN5O3S/c1-14-4-5-16(22)13-19(14)31(28,29)24-11-10-23-21-25-15(2)12-20(27-21)26-17-6-8-18(30-3)9-7-17/h4-9,12-13,24H,10-11H2,1-3H3,(H2,23,25,26,27). The van der Waals surface area contributed by atoms with Crippen molar-refractivity contribution in [3.05, 3.63) is 65.6 Å². The maximum Gasteiger partial charge on any atom is 0.240 e. The maximum absolute atomic E-state index is 13.4. The third-order valence-electron chi connectivity index (χ3n) is 4.36. The van der Waals surface area contributed by atoms with Crippen molar-refractivity contribution in [2.45, 2.75) is 18.7 Å². The molecule has 0 amide bonds. The summed E-state index contributed by atoms with van der Waals surface area (Å²) in [5.41, 5.74) is 2.05. The Labute approximate surface area is 180 Å². The first-order valence-electron chi connectivity index (χ1n) is 9.53. The minimum absolute atomic E-state index is 0.0784. The molecule has 0 bridgehead atoms. The van der Waals surface area contributed by atoms with Crippen LogP contribution in [0, 0.1) is 19.7 Å². The Balaban J connectivity index is 1.59. The van der Waals surface area contributed by atoms with Gasteiger partial charge in [-0.1, -0.05) is 6.07 Å². The Morgan fingerprint density at radius 3 is 2.45 bits per heavy atom. The summed E-state index contributed by atoms with van der Waals surface area (Å²) < 4.78 is 45.9. The van der Waals surface area contributed by atoms with Gasteiger partial charge in [-0.3, -0.25) is 0 Å². The van der Waals surface area contributed by atoms with E-state index >= 15 is 0 Å². The van der Waals surface area contributed by atoms with Gasteiger partial charge in [0.25, 0.3) is 0 Å². The van der Waals surface area contributed by atoms with E-state index in [4.69, 9.17) is 4.74 Å². The van der Waals surface area contributed by atoms with Crippen LogP contribution >= 0.6 is 0 Å². The van der Waals surface area contributed by atoms with Crippen LogP contribution < -0.4 is 20.1 Å². The molecule has 3 N–H and O–H groups in total. The van der Waals surface area contributed by atoms with Crippen LogP contribution in [0.5, 0.6) is 5.75 Å². The van der Waals surface area contributed by atoms with E-state index in [0.717, 1.165) is 23.2 Å². The molecule has 0 spiro atoms. The summed E-state index contributed by atoms with van der Waals surface area (Å²) in [4.78, 5) is 8.63. The Bertz CT molecular complexity index is 1150. The average molecular weight is 446 g/mol. The van der Waals surface area contributed by atoms with Crippen molar-refractivity contribution >= 4 is 27.5 Å². The molecule has 1 aromatic heterocycles.